The molecule has 2 aromatic carbocycles. The van der Waals surface area contributed by atoms with Gasteiger partial charge in [0, 0.05) is 23.1 Å². The Kier molecular flexibility index (Phi) is 6.19. The third-order valence-electron chi connectivity index (χ3n) is 4.80. The molecular formula is C21H25ClN2O5S. The molecule has 0 saturated carbocycles. The highest BCUT2D eigenvalue weighted by atomic mass is 35.5. The molecule has 0 fully saturated rings. The van der Waals surface area contributed by atoms with Gasteiger partial charge in [0.2, 0.25) is 15.9 Å². The molecule has 1 aliphatic heterocycles. The van der Waals surface area contributed by atoms with Gasteiger partial charge in [0.05, 0.1) is 25.1 Å². The molecule has 1 atom stereocenters. The summed E-state index contributed by atoms with van der Waals surface area (Å²) in [7, 11) is -2.12. The van der Waals surface area contributed by atoms with E-state index in [4.69, 9.17) is 21.1 Å². The Morgan fingerprint density at radius 2 is 2.03 bits per heavy atom. The van der Waals surface area contributed by atoms with Crippen molar-refractivity contribution in [3.05, 3.63) is 53.1 Å². The van der Waals surface area contributed by atoms with E-state index < -0.39 is 21.5 Å². The Labute approximate surface area is 182 Å². The van der Waals surface area contributed by atoms with E-state index in [1.54, 1.807) is 37.4 Å². The van der Waals surface area contributed by atoms with E-state index >= 15 is 0 Å². The minimum absolute atomic E-state index is 0.331. The van der Waals surface area contributed by atoms with Gasteiger partial charge in [-0.05, 0) is 44.2 Å². The fourth-order valence-corrected chi connectivity index (χ4v) is 4.52. The van der Waals surface area contributed by atoms with Gasteiger partial charge >= 0.3 is 0 Å². The molecule has 1 heterocycles. The maximum Gasteiger partial charge on any atom is 0.241 e. The number of methoxy groups -OCH3 is 1. The van der Waals surface area contributed by atoms with Gasteiger partial charge in [-0.3, -0.25) is 9.10 Å². The van der Waals surface area contributed by atoms with E-state index in [2.05, 4.69) is 5.32 Å². The molecule has 30 heavy (non-hydrogen) atoms. The molecule has 9 heteroatoms. The minimum Gasteiger partial charge on any atom is -0.497 e. The molecule has 1 aliphatic rings. The second-order valence-electron chi connectivity index (χ2n) is 7.84. The molecule has 0 saturated heterocycles. The first kappa shape index (κ1) is 22.2. The minimum atomic E-state index is -3.69. The summed E-state index contributed by atoms with van der Waals surface area (Å²) in [4.78, 5) is 12.9. The third kappa shape index (κ3) is 5.17. The number of rotatable bonds is 6. The fourth-order valence-electron chi connectivity index (χ4n) is 3.49. The number of amides is 1. The first-order chi connectivity index (χ1) is 14.0. The Morgan fingerprint density at radius 3 is 2.67 bits per heavy atom. The average molecular weight is 453 g/mol. The Balaban J connectivity index is 1.84. The highest BCUT2D eigenvalue weighted by molar-refractivity contribution is 7.92. The number of nitrogens with one attached hydrogen (secondary N) is 1. The van der Waals surface area contributed by atoms with Gasteiger partial charge in [-0.1, -0.05) is 17.7 Å². The van der Waals surface area contributed by atoms with Gasteiger partial charge in [0.25, 0.3) is 0 Å². The Hall–Kier alpha value is -2.45. The fraction of sp³-hybridized carbons (Fsp3) is 0.381. The average Bonchev–Trinajstić information content (AvgIpc) is 2.63. The lowest BCUT2D eigenvalue weighted by Crippen LogP contribution is -2.45. The summed E-state index contributed by atoms with van der Waals surface area (Å²) in [5.41, 5.74) is 0.635. The summed E-state index contributed by atoms with van der Waals surface area (Å²) < 4.78 is 37.0. The van der Waals surface area contributed by atoms with Crippen LogP contribution in [0.1, 0.15) is 31.9 Å². The standard InChI is InChI=1S/C21H25ClN2O5S/c1-21(2)12-18(17-9-8-16(28-3)11-19(17)29-21)23-20(25)13-24(30(4,26)27)15-7-5-6-14(22)10-15/h5-11,18H,12-13H2,1-4H3,(H,23,25). The van der Waals surface area contributed by atoms with Crippen molar-refractivity contribution in [1.29, 1.82) is 0 Å². The molecule has 0 aliphatic carbocycles. The van der Waals surface area contributed by atoms with Crippen LogP contribution in [-0.4, -0.2) is 39.8 Å². The highest BCUT2D eigenvalue weighted by Crippen LogP contribution is 2.41. The number of benzene rings is 2. The van der Waals surface area contributed by atoms with E-state index in [0.717, 1.165) is 16.1 Å². The van der Waals surface area contributed by atoms with Crippen LogP contribution in [0.4, 0.5) is 5.69 Å². The normalized spacial score (nSPS) is 17.4. The molecule has 1 unspecified atom stereocenters. The zero-order chi connectivity index (χ0) is 22.1. The van der Waals surface area contributed by atoms with E-state index in [1.165, 1.54) is 6.07 Å². The predicted molar refractivity (Wildman–Crippen MR) is 117 cm³/mol. The van der Waals surface area contributed by atoms with E-state index in [9.17, 15) is 13.2 Å². The molecule has 0 aromatic heterocycles. The van der Waals surface area contributed by atoms with Gasteiger partial charge < -0.3 is 14.8 Å². The summed E-state index contributed by atoms with van der Waals surface area (Å²) in [5, 5.41) is 3.34. The lowest BCUT2D eigenvalue weighted by atomic mass is 9.89. The number of carbonyl (C=O) groups is 1. The zero-order valence-corrected chi connectivity index (χ0v) is 18.9. The van der Waals surface area contributed by atoms with Gasteiger partial charge in [-0.25, -0.2) is 8.42 Å². The van der Waals surface area contributed by atoms with Crippen molar-refractivity contribution in [3.8, 4) is 11.5 Å². The topological polar surface area (TPSA) is 84.9 Å². The van der Waals surface area contributed by atoms with Crippen LogP contribution in [-0.2, 0) is 14.8 Å². The van der Waals surface area contributed by atoms with Crippen molar-refractivity contribution in [3.63, 3.8) is 0 Å². The van der Waals surface area contributed by atoms with Gasteiger partial charge in [0.15, 0.2) is 0 Å². The van der Waals surface area contributed by atoms with Crippen molar-refractivity contribution in [2.24, 2.45) is 0 Å². The molecule has 0 bridgehead atoms. The summed E-state index contributed by atoms with van der Waals surface area (Å²) in [6, 6.07) is 11.5. The number of hydrogen-bond donors (Lipinski definition) is 1. The maximum atomic E-state index is 12.9. The number of fused-ring (bicyclic) bond motifs is 1. The van der Waals surface area contributed by atoms with E-state index in [-0.39, 0.29) is 12.6 Å². The molecule has 2 aromatic rings. The van der Waals surface area contributed by atoms with E-state index in [0.29, 0.717) is 28.6 Å². The summed E-state index contributed by atoms with van der Waals surface area (Å²) in [6.07, 6.45) is 1.59. The van der Waals surface area contributed by atoms with Crippen LogP contribution in [0.15, 0.2) is 42.5 Å². The number of anilines is 1. The Bertz CT molecular complexity index is 1060. The molecule has 162 valence electrons. The first-order valence-electron chi connectivity index (χ1n) is 9.38. The molecular weight excluding hydrogens is 428 g/mol. The summed E-state index contributed by atoms with van der Waals surface area (Å²) in [5.74, 6) is 0.858. The second-order valence-corrected chi connectivity index (χ2v) is 10.2. The molecule has 3 rings (SSSR count). The molecule has 0 spiro atoms. The van der Waals surface area contributed by atoms with Crippen LogP contribution in [0, 0.1) is 0 Å². The second kappa shape index (κ2) is 8.35. The predicted octanol–water partition coefficient (Wildman–Crippen LogP) is 3.53. The van der Waals surface area contributed by atoms with Crippen molar-refractivity contribution < 1.29 is 22.7 Å². The summed E-state index contributed by atoms with van der Waals surface area (Å²) >= 11 is 6.00. The number of sulfonamides is 1. The quantitative estimate of drug-likeness (QED) is 0.724. The lowest BCUT2D eigenvalue weighted by Gasteiger charge is -2.38. The first-order valence-corrected chi connectivity index (χ1v) is 11.6. The van der Waals surface area contributed by atoms with Crippen molar-refractivity contribution in [2.75, 3.05) is 24.2 Å². The number of carbonyl (C=O) groups excluding carboxylic acids is 1. The lowest BCUT2D eigenvalue weighted by molar-refractivity contribution is -0.120. The van der Waals surface area contributed by atoms with Crippen LogP contribution in [0.3, 0.4) is 0 Å². The van der Waals surface area contributed by atoms with Crippen LogP contribution >= 0.6 is 11.6 Å². The molecule has 7 nitrogen and oxygen atoms in total. The van der Waals surface area contributed by atoms with Crippen LogP contribution in [0.2, 0.25) is 5.02 Å². The maximum absolute atomic E-state index is 12.9. The zero-order valence-electron chi connectivity index (χ0n) is 17.3. The monoisotopic (exact) mass is 452 g/mol. The molecule has 0 radical (unpaired) electrons. The van der Waals surface area contributed by atoms with Crippen LogP contribution in [0.25, 0.3) is 0 Å². The molecule has 1 N–H and O–H groups in total. The van der Waals surface area contributed by atoms with E-state index in [1.807, 2.05) is 19.9 Å². The van der Waals surface area contributed by atoms with Gasteiger partial charge in [-0.2, -0.15) is 0 Å². The van der Waals surface area contributed by atoms with Crippen molar-refractivity contribution in [2.45, 2.75) is 31.9 Å². The van der Waals surface area contributed by atoms with Crippen LogP contribution < -0.4 is 19.1 Å². The number of ether oxygens (including phenoxy) is 2. The SMILES string of the molecule is COc1ccc2c(c1)OC(C)(C)CC2NC(=O)CN(c1cccc(Cl)c1)S(C)(=O)=O. The van der Waals surface area contributed by atoms with Crippen LogP contribution in [0.5, 0.6) is 11.5 Å². The highest BCUT2D eigenvalue weighted by Gasteiger charge is 2.35. The van der Waals surface area contributed by atoms with Gasteiger partial charge in [-0.15, -0.1) is 0 Å². The number of hydrogen-bond acceptors (Lipinski definition) is 5. The molecule has 1 amide bonds. The number of nitrogens with zero attached hydrogens (tertiary/aromatic N) is 1. The Morgan fingerprint density at radius 1 is 1.30 bits per heavy atom. The van der Waals surface area contributed by atoms with Crippen molar-refractivity contribution in [1.82, 2.24) is 5.32 Å². The smallest absolute Gasteiger partial charge is 0.241 e. The summed E-state index contributed by atoms with van der Waals surface area (Å²) in [6.45, 7) is 3.51. The third-order valence-corrected chi connectivity index (χ3v) is 6.17. The number of halogens is 1. The van der Waals surface area contributed by atoms with Gasteiger partial charge in [0.1, 0.15) is 23.6 Å². The van der Waals surface area contributed by atoms with Crippen molar-refractivity contribution >= 4 is 33.2 Å². The largest absolute Gasteiger partial charge is 0.497 e.